The number of hydrogen-bond acceptors (Lipinski definition) is 4. The van der Waals surface area contributed by atoms with Crippen LogP contribution in [-0.2, 0) is 4.79 Å². The molecule has 0 bridgehead atoms. The number of rotatable bonds is 2. The van der Waals surface area contributed by atoms with Gasteiger partial charge in [-0.3, -0.25) is 4.79 Å². The maximum Gasteiger partial charge on any atom is 0.234 e. The van der Waals surface area contributed by atoms with E-state index in [9.17, 15) is 4.79 Å². The molecule has 0 radical (unpaired) electrons. The highest BCUT2D eigenvalue weighted by Gasteiger charge is 2.25. The van der Waals surface area contributed by atoms with Crippen LogP contribution in [0, 0.1) is 0 Å². The lowest BCUT2D eigenvalue weighted by molar-refractivity contribution is -0.113. The predicted molar refractivity (Wildman–Crippen MR) is 80.2 cm³/mol. The van der Waals surface area contributed by atoms with Gasteiger partial charge >= 0.3 is 0 Å². The van der Waals surface area contributed by atoms with Gasteiger partial charge in [0.2, 0.25) is 5.91 Å². The summed E-state index contributed by atoms with van der Waals surface area (Å²) in [6.45, 7) is 0. The zero-order chi connectivity index (χ0) is 13.2. The molecular formula is C14H13NO2S2. The summed E-state index contributed by atoms with van der Waals surface area (Å²) >= 11 is 3.35. The first-order chi connectivity index (χ1) is 9.28. The van der Waals surface area contributed by atoms with Crippen LogP contribution in [0.1, 0.15) is 15.7 Å². The van der Waals surface area contributed by atoms with Gasteiger partial charge in [-0.25, -0.2) is 0 Å². The van der Waals surface area contributed by atoms with Gasteiger partial charge in [0.25, 0.3) is 0 Å². The first-order valence-corrected chi connectivity index (χ1v) is 7.83. The zero-order valence-corrected chi connectivity index (χ0v) is 12.0. The quantitative estimate of drug-likeness (QED) is 0.920. The lowest BCUT2D eigenvalue weighted by Gasteiger charge is -2.14. The second kappa shape index (κ2) is 5.27. The van der Waals surface area contributed by atoms with Crippen molar-refractivity contribution in [1.29, 1.82) is 0 Å². The van der Waals surface area contributed by atoms with Crippen LogP contribution < -0.4 is 10.1 Å². The molecule has 1 aliphatic rings. The highest BCUT2D eigenvalue weighted by atomic mass is 32.2. The summed E-state index contributed by atoms with van der Waals surface area (Å²) < 4.78 is 5.18. The van der Waals surface area contributed by atoms with Gasteiger partial charge in [-0.05, 0) is 29.1 Å². The van der Waals surface area contributed by atoms with Crippen molar-refractivity contribution in [1.82, 2.24) is 0 Å². The number of anilines is 1. The maximum absolute atomic E-state index is 11.7. The number of thioether (sulfide) groups is 1. The van der Waals surface area contributed by atoms with Crippen LogP contribution in [0.25, 0.3) is 0 Å². The van der Waals surface area contributed by atoms with Crippen LogP contribution in [0.4, 0.5) is 5.69 Å². The molecule has 0 aliphatic carbocycles. The Hall–Kier alpha value is -1.46. The molecular weight excluding hydrogens is 278 g/mol. The summed E-state index contributed by atoms with van der Waals surface area (Å²) in [4.78, 5) is 12.9. The van der Waals surface area contributed by atoms with E-state index in [4.69, 9.17) is 4.74 Å². The number of methoxy groups -OCH3 is 1. The molecule has 0 saturated carbocycles. The molecule has 3 rings (SSSR count). The molecule has 0 unspecified atom stereocenters. The van der Waals surface area contributed by atoms with E-state index in [0.29, 0.717) is 5.75 Å². The SMILES string of the molecule is COc1ccc([C@H]2SCC(=O)Nc3ccsc32)cc1. The molecule has 3 nitrogen and oxygen atoms in total. The topological polar surface area (TPSA) is 38.3 Å². The molecule has 0 spiro atoms. The number of hydrogen-bond donors (Lipinski definition) is 1. The second-order valence-electron chi connectivity index (χ2n) is 4.21. The normalized spacial score (nSPS) is 18.4. The predicted octanol–water partition coefficient (Wildman–Crippen LogP) is 3.53. The summed E-state index contributed by atoms with van der Waals surface area (Å²) in [6.07, 6.45) is 0. The minimum Gasteiger partial charge on any atom is -0.497 e. The van der Waals surface area contributed by atoms with Crippen molar-refractivity contribution >= 4 is 34.7 Å². The van der Waals surface area contributed by atoms with Crippen molar-refractivity contribution < 1.29 is 9.53 Å². The van der Waals surface area contributed by atoms with Crippen LogP contribution in [0.3, 0.4) is 0 Å². The lowest BCUT2D eigenvalue weighted by atomic mass is 10.1. The molecule has 1 amide bonds. The Balaban J connectivity index is 1.98. The third-order valence-electron chi connectivity index (χ3n) is 3.01. The maximum atomic E-state index is 11.7. The van der Waals surface area contributed by atoms with Crippen LogP contribution in [0.2, 0.25) is 0 Å². The van der Waals surface area contributed by atoms with Gasteiger partial charge in [0, 0.05) is 4.88 Å². The smallest absolute Gasteiger partial charge is 0.234 e. The molecule has 1 aromatic carbocycles. The Kier molecular flexibility index (Phi) is 3.48. The molecule has 2 heterocycles. The summed E-state index contributed by atoms with van der Waals surface area (Å²) in [5, 5.41) is 5.18. The fraction of sp³-hybridized carbons (Fsp3) is 0.214. The van der Waals surface area contributed by atoms with Crippen LogP contribution in [0.5, 0.6) is 5.75 Å². The van der Waals surface area contributed by atoms with Gasteiger partial charge in [-0.1, -0.05) is 12.1 Å². The fourth-order valence-corrected chi connectivity index (χ4v) is 4.32. The van der Waals surface area contributed by atoms with Crippen LogP contribution in [0.15, 0.2) is 35.7 Å². The molecule has 98 valence electrons. The van der Waals surface area contributed by atoms with E-state index in [1.165, 1.54) is 10.4 Å². The number of nitrogens with one attached hydrogen (secondary N) is 1. The summed E-state index contributed by atoms with van der Waals surface area (Å²) in [6, 6.07) is 10.0. The Morgan fingerprint density at radius 3 is 2.79 bits per heavy atom. The molecule has 1 atom stereocenters. The molecule has 0 saturated heterocycles. The van der Waals surface area contributed by atoms with Gasteiger partial charge in [0.15, 0.2) is 0 Å². The number of fused-ring (bicyclic) bond motifs is 1. The van der Waals surface area contributed by atoms with E-state index < -0.39 is 0 Å². The number of amides is 1. The fourth-order valence-electron chi connectivity index (χ4n) is 2.07. The van der Waals surface area contributed by atoms with Crippen molar-refractivity contribution in [2.24, 2.45) is 0 Å². The van der Waals surface area contributed by atoms with Crippen LogP contribution in [-0.4, -0.2) is 18.8 Å². The Labute approximate surface area is 120 Å². The van der Waals surface area contributed by atoms with Gasteiger partial charge in [-0.15, -0.1) is 23.1 Å². The molecule has 0 fully saturated rings. The average molecular weight is 291 g/mol. The molecule has 1 N–H and O–H groups in total. The number of thiophene rings is 1. The lowest BCUT2D eigenvalue weighted by Crippen LogP contribution is -2.11. The molecule has 5 heteroatoms. The highest BCUT2D eigenvalue weighted by molar-refractivity contribution is 8.00. The van der Waals surface area contributed by atoms with Crippen molar-refractivity contribution in [2.75, 3.05) is 18.2 Å². The largest absolute Gasteiger partial charge is 0.497 e. The van der Waals surface area contributed by atoms with Crippen LogP contribution >= 0.6 is 23.1 Å². The molecule has 1 aliphatic heterocycles. The first-order valence-electron chi connectivity index (χ1n) is 5.90. The van der Waals surface area contributed by atoms with Gasteiger partial charge < -0.3 is 10.1 Å². The standard InChI is InChI=1S/C14H13NO2S2/c1-17-10-4-2-9(3-5-10)13-14-11(6-7-18-14)15-12(16)8-19-13/h2-7,13H,8H2,1H3,(H,15,16)/t13-/m1/s1. The number of benzene rings is 1. The summed E-state index contributed by atoms with van der Waals surface area (Å²) in [5.74, 6) is 1.40. The van der Waals surface area contributed by atoms with Crippen molar-refractivity contribution in [3.8, 4) is 5.75 Å². The van der Waals surface area contributed by atoms with Crippen molar-refractivity contribution in [3.05, 3.63) is 46.2 Å². The van der Waals surface area contributed by atoms with E-state index >= 15 is 0 Å². The third-order valence-corrected chi connectivity index (χ3v) is 5.41. The second-order valence-corrected chi connectivity index (χ2v) is 6.25. The van der Waals surface area contributed by atoms with E-state index in [1.807, 2.05) is 23.6 Å². The summed E-state index contributed by atoms with van der Waals surface area (Å²) in [5.41, 5.74) is 2.15. The Bertz CT molecular complexity index is 592. The Morgan fingerprint density at radius 2 is 2.05 bits per heavy atom. The van der Waals surface area contributed by atoms with E-state index in [1.54, 1.807) is 30.2 Å². The molecule has 19 heavy (non-hydrogen) atoms. The van der Waals surface area contributed by atoms with Crippen molar-refractivity contribution in [3.63, 3.8) is 0 Å². The zero-order valence-electron chi connectivity index (χ0n) is 10.4. The highest BCUT2D eigenvalue weighted by Crippen LogP contribution is 2.44. The van der Waals surface area contributed by atoms with E-state index in [2.05, 4.69) is 17.4 Å². The molecule has 1 aromatic heterocycles. The molecule has 2 aromatic rings. The van der Waals surface area contributed by atoms with Crippen molar-refractivity contribution in [2.45, 2.75) is 5.25 Å². The number of carbonyl (C=O) groups is 1. The monoisotopic (exact) mass is 291 g/mol. The van der Waals surface area contributed by atoms with E-state index in [0.717, 1.165) is 11.4 Å². The van der Waals surface area contributed by atoms with Gasteiger partial charge in [0.05, 0.1) is 23.8 Å². The number of carbonyl (C=O) groups excluding carboxylic acids is 1. The minimum absolute atomic E-state index is 0.0701. The van der Waals surface area contributed by atoms with E-state index in [-0.39, 0.29) is 11.2 Å². The summed E-state index contributed by atoms with van der Waals surface area (Å²) in [7, 11) is 1.66. The number of ether oxygens (including phenoxy) is 1. The van der Waals surface area contributed by atoms with Gasteiger partial charge in [-0.2, -0.15) is 0 Å². The third kappa shape index (κ3) is 2.48. The minimum atomic E-state index is 0.0701. The Morgan fingerprint density at radius 1 is 1.26 bits per heavy atom. The first kappa shape index (κ1) is 12.6. The average Bonchev–Trinajstić information content (AvgIpc) is 2.82. The van der Waals surface area contributed by atoms with Gasteiger partial charge in [0.1, 0.15) is 5.75 Å².